The molecule has 1 aromatic rings. The number of fused-ring (bicyclic) bond motifs is 5. The minimum atomic E-state index is -0.844. The van der Waals surface area contributed by atoms with Crippen LogP contribution in [0.25, 0.3) is 0 Å². The molecule has 154 valence electrons. The van der Waals surface area contributed by atoms with Gasteiger partial charge >= 0.3 is 0 Å². The minimum absolute atomic E-state index is 0.138. The van der Waals surface area contributed by atoms with Crippen LogP contribution < -0.4 is 10.1 Å². The first-order chi connectivity index (χ1) is 13.7. The molecule has 2 aliphatic carbocycles. The largest absolute Gasteiger partial charge is 0.496 e. The van der Waals surface area contributed by atoms with Crippen molar-refractivity contribution in [2.45, 2.75) is 46.1 Å². The van der Waals surface area contributed by atoms with Gasteiger partial charge in [-0.3, -0.25) is 19.3 Å². The van der Waals surface area contributed by atoms with Gasteiger partial charge in [0.2, 0.25) is 17.7 Å². The number of carbonyl (C=O) groups is 3. The highest BCUT2D eigenvalue weighted by Crippen LogP contribution is 2.52. The van der Waals surface area contributed by atoms with Crippen LogP contribution in [0.2, 0.25) is 0 Å². The van der Waals surface area contributed by atoms with Gasteiger partial charge in [-0.1, -0.05) is 26.0 Å². The maximum atomic E-state index is 13.0. The molecule has 1 aromatic carbocycles. The molecule has 0 spiro atoms. The Morgan fingerprint density at radius 1 is 1.10 bits per heavy atom. The van der Waals surface area contributed by atoms with Gasteiger partial charge in [0, 0.05) is 5.69 Å². The SMILES string of the molecule is COc1cc(C)c(NC(=O)[C@@H](C)N2C(=O)[C@@H]3[C@H](C2=O)[C@H]2C=C[C@H]3C2)cc1C(C)C. The first-order valence-electron chi connectivity index (χ1n) is 10.3. The maximum absolute atomic E-state index is 13.0. The molecule has 1 saturated heterocycles. The molecule has 6 heteroatoms. The number of ether oxygens (including phenoxy) is 1. The number of aryl methyl sites for hydroxylation is 1. The summed E-state index contributed by atoms with van der Waals surface area (Å²) in [6.07, 6.45) is 4.99. The number of imide groups is 1. The molecule has 2 fully saturated rings. The third kappa shape index (κ3) is 2.96. The summed E-state index contributed by atoms with van der Waals surface area (Å²) in [7, 11) is 1.63. The Morgan fingerprint density at radius 2 is 1.69 bits per heavy atom. The fourth-order valence-electron chi connectivity index (χ4n) is 5.12. The summed E-state index contributed by atoms with van der Waals surface area (Å²) < 4.78 is 5.46. The van der Waals surface area contributed by atoms with Crippen LogP contribution >= 0.6 is 0 Å². The summed E-state index contributed by atoms with van der Waals surface area (Å²) in [5.41, 5.74) is 2.53. The molecule has 1 N–H and O–H groups in total. The first kappa shape index (κ1) is 19.7. The molecule has 0 radical (unpaired) electrons. The summed E-state index contributed by atoms with van der Waals surface area (Å²) in [6, 6.07) is 2.97. The fraction of sp³-hybridized carbons (Fsp3) is 0.522. The van der Waals surface area contributed by atoms with Crippen LogP contribution in [-0.4, -0.2) is 35.8 Å². The highest BCUT2D eigenvalue weighted by Gasteiger charge is 2.60. The summed E-state index contributed by atoms with van der Waals surface area (Å²) in [5, 5.41) is 2.92. The van der Waals surface area contributed by atoms with Crippen LogP contribution in [0, 0.1) is 30.6 Å². The van der Waals surface area contributed by atoms with Crippen LogP contribution in [0.3, 0.4) is 0 Å². The van der Waals surface area contributed by atoms with Crippen LogP contribution in [-0.2, 0) is 14.4 Å². The average Bonchev–Trinajstić information content (AvgIpc) is 3.36. The summed E-state index contributed by atoms with van der Waals surface area (Å²) in [5.74, 6) is -0.0473. The van der Waals surface area contributed by atoms with Crippen molar-refractivity contribution in [3.05, 3.63) is 35.4 Å². The van der Waals surface area contributed by atoms with E-state index in [2.05, 4.69) is 31.3 Å². The maximum Gasteiger partial charge on any atom is 0.247 e. The fourth-order valence-corrected chi connectivity index (χ4v) is 5.12. The number of hydrogen-bond acceptors (Lipinski definition) is 4. The monoisotopic (exact) mass is 396 g/mol. The van der Waals surface area contributed by atoms with Gasteiger partial charge in [0.1, 0.15) is 11.8 Å². The van der Waals surface area contributed by atoms with E-state index in [0.717, 1.165) is 23.3 Å². The van der Waals surface area contributed by atoms with Crippen molar-refractivity contribution in [2.24, 2.45) is 23.7 Å². The number of nitrogens with zero attached hydrogens (tertiary/aromatic N) is 1. The van der Waals surface area contributed by atoms with E-state index in [1.54, 1.807) is 14.0 Å². The van der Waals surface area contributed by atoms with E-state index in [1.165, 1.54) is 4.90 Å². The van der Waals surface area contributed by atoms with Crippen molar-refractivity contribution in [1.29, 1.82) is 0 Å². The molecule has 3 amide bonds. The lowest BCUT2D eigenvalue weighted by Crippen LogP contribution is -2.46. The van der Waals surface area contributed by atoms with E-state index >= 15 is 0 Å². The van der Waals surface area contributed by atoms with Gasteiger partial charge < -0.3 is 10.1 Å². The van der Waals surface area contributed by atoms with Crippen LogP contribution in [0.15, 0.2) is 24.3 Å². The smallest absolute Gasteiger partial charge is 0.247 e. The zero-order valence-electron chi connectivity index (χ0n) is 17.6. The van der Waals surface area contributed by atoms with E-state index in [9.17, 15) is 14.4 Å². The number of methoxy groups -OCH3 is 1. The lowest BCUT2D eigenvalue weighted by molar-refractivity contribution is -0.146. The second-order valence-electron chi connectivity index (χ2n) is 8.78. The summed E-state index contributed by atoms with van der Waals surface area (Å²) >= 11 is 0. The Hall–Kier alpha value is -2.63. The average molecular weight is 396 g/mol. The van der Waals surface area contributed by atoms with E-state index in [0.29, 0.717) is 5.69 Å². The van der Waals surface area contributed by atoms with Crippen molar-refractivity contribution >= 4 is 23.4 Å². The molecule has 2 bridgehead atoms. The molecule has 1 heterocycles. The Kier molecular flexibility index (Phi) is 4.75. The first-order valence-corrected chi connectivity index (χ1v) is 10.3. The quantitative estimate of drug-likeness (QED) is 0.612. The standard InChI is InChI=1S/C23H28N2O4/c1-11(2)16-10-17(12(3)8-18(16)29-5)24-21(26)13(4)25-22(27)19-14-6-7-15(9-14)20(19)23(25)28/h6-8,10-11,13-15,19-20H,9H2,1-5H3,(H,24,26)/t13-,14+,15+,19-,20+/m1/s1. The number of amides is 3. The molecule has 3 aliphatic rings. The van der Waals surface area contributed by atoms with Gasteiger partial charge in [-0.15, -0.1) is 0 Å². The van der Waals surface area contributed by atoms with E-state index in [-0.39, 0.29) is 47.3 Å². The van der Waals surface area contributed by atoms with Crippen molar-refractivity contribution in [3.63, 3.8) is 0 Å². The van der Waals surface area contributed by atoms with Gasteiger partial charge in [0.15, 0.2) is 0 Å². The molecule has 4 rings (SSSR count). The van der Waals surface area contributed by atoms with Crippen LogP contribution in [0.4, 0.5) is 5.69 Å². The molecule has 1 aliphatic heterocycles. The number of allylic oxidation sites excluding steroid dienone is 2. The van der Waals surface area contributed by atoms with Crippen molar-refractivity contribution in [2.75, 3.05) is 12.4 Å². The molecule has 0 aromatic heterocycles. The molecule has 6 nitrogen and oxygen atoms in total. The van der Waals surface area contributed by atoms with Crippen molar-refractivity contribution in [3.8, 4) is 5.75 Å². The third-order valence-corrected chi connectivity index (χ3v) is 6.73. The lowest BCUT2D eigenvalue weighted by atomic mass is 9.85. The Balaban J connectivity index is 1.55. The number of rotatable bonds is 5. The molecular formula is C23H28N2O4. The zero-order valence-corrected chi connectivity index (χ0v) is 17.6. The Bertz CT molecular complexity index is 890. The summed E-state index contributed by atoms with van der Waals surface area (Å²) in [6.45, 7) is 7.64. The Morgan fingerprint density at radius 3 is 2.21 bits per heavy atom. The predicted molar refractivity (Wildman–Crippen MR) is 109 cm³/mol. The second kappa shape index (κ2) is 7.01. The van der Waals surface area contributed by atoms with E-state index in [4.69, 9.17) is 4.74 Å². The van der Waals surface area contributed by atoms with Gasteiger partial charge in [0.05, 0.1) is 18.9 Å². The molecule has 1 saturated carbocycles. The second-order valence-corrected chi connectivity index (χ2v) is 8.78. The highest BCUT2D eigenvalue weighted by molar-refractivity contribution is 6.10. The summed E-state index contributed by atoms with van der Waals surface area (Å²) in [4.78, 5) is 40.1. The van der Waals surface area contributed by atoms with Gasteiger partial charge in [0.25, 0.3) is 0 Å². The van der Waals surface area contributed by atoms with Gasteiger partial charge in [-0.05, 0) is 61.3 Å². The number of anilines is 1. The van der Waals surface area contributed by atoms with Gasteiger partial charge in [-0.2, -0.15) is 0 Å². The van der Waals surface area contributed by atoms with Gasteiger partial charge in [-0.25, -0.2) is 0 Å². The predicted octanol–water partition coefficient (Wildman–Crippen LogP) is 3.26. The molecule has 0 unspecified atom stereocenters. The van der Waals surface area contributed by atoms with Crippen molar-refractivity contribution in [1.82, 2.24) is 4.90 Å². The van der Waals surface area contributed by atoms with E-state index in [1.807, 2.05) is 19.1 Å². The van der Waals surface area contributed by atoms with Crippen LogP contribution in [0.1, 0.15) is 44.2 Å². The van der Waals surface area contributed by atoms with E-state index < -0.39 is 6.04 Å². The normalized spacial score (nSPS) is 28.3. The number of likely N-dealkylation sites (tertiary alicyclic amines) is 1. The Labute approximate surface area is 171 Å². The zero-order chi connectivity index (χ0) is 21.0. The molecule has 29 heavy (non-hydrogen) atoms. The number of benzene rings is 1. The molecular weight excluding hydrogens is 368 g/mol. The van der Waals surface area contributed by atoms with Crippen LogP contribution in [0.5, 0.6) is 5.75 Å². The lowest BCUT2D eigenvalue weighted by Gasteiger charge is -2.24. The number of nitrogens with one attached hydrogen (secondary N) is 1. The third-order valence-electron chi connectivity index (χ3n) is 6.73. The minimum Gasteiger partial charge on any atom is -0.496 e. The number of carbonyl (C=O) groups excluding carboxylic acids is 3. The number of hydrogen-bond donors (Lipinski definition) is 1. The molecule has 5 atom stereocenters. The van der Waals surface area contributed by atoms with Crippen molar-refractivity contribution < 1.29 is 19.1 Å². The topological polar surface area (TPSA) is 75.7 Å². The highest BCUT2D eigenvalue weighted by atomic mass is 16.5.